The predicted octanol–water partition coefficient (Wildman–Crippen LogP) is 2.98. The Morgan fingerprint density at radius 3 is 2.44 bits per heavy atom. The Morgan fingerprint density at radius 1 is 1.02 bits per heavy atom. The highest BCUT2D eigenvalue weighted by molar-refractivity contribution is 6.07. The number of carbonyl (C=O) groups excluding carboxylic acids is 6. The molecule has 304 valence electrons. The molecule has 0 unspecified atom stereocenters. The van der Waals surface area contributed by atoms with Crippen LogP contribution in [0.2, 0.25) is 0 Å². The monoisotopic (exact) mass is 783 g/mol. The third-order valence-electron chi connectivity index (χ3n) is 9.95. The first-order valence-electron chi connectivity index (χ1n) is 19.1. The molecule has 57 heavy (non-hydrogen) atoms. The van der Waals surface area contributed by atoms with E-state index in [-0.39, 0.29) is 42.4 Å². The van der Waals surface area contributed by atoms with E-state index >= 15 is 0 Å². The number of nitrogens with zero attached hydrogens (tertiary/aromatic N) is 7. The van der Waals surface area contributed by atoms with Gasteiger partial charge in [-0.3, -0.25) is 38.8 Å². The maximum Gasteiger partial charge on any atom is 0.330 e. The first-order chi connectivity index (χ1) is 27.0. The number of aromatic nitrogens is 3. The predicted molar refractivity (Wildman–Crippen MR) is 215 cm³/mol. The number of pyridine rings is 1. The molecule has 0 bridgehead atoms. The molecule has 1 fully saturated rings. The summed E-state index contributed by atoms with van der Waals surface area (Å²) in [5.74, 6) is -1.59. The van der Waals surface area contributed by atoms with Crippen LogP contribution in [0, 0.1) is 18.8 Å². The Balaban J connectivity index is 1.25. The van der Waals surface area contributed by atoms with Crippen LogP contribution in [0.25, 0.3) is 0 Å². The normalized spacial score (nSPS) is 16.2. The lowest BCUT2D eigenvalue weighted by Gasteiger charge is -2.35. The molecule has 1 aromatic carbocycles. The molecule has 2 aromatic heterocycles. The minimum Gasteiger partial charge on any atom is -0.347 e. The quantitative estimate of drug-likeness (QED) is 0.188. The number of anilines is 4. The van der Waals surface area contributed by atoms with E-state index in [1.807, 2.05) is 26.8 Å². The van der Waals surface area contributed by atoms with Crippen LogP contribution < -0.4 is 31.1 Å². The highest BCUT2D eigenvalue weighted by Gasteiger charge is 2.39. The molecule has 4 heterocycles. The smallest absolute Gasteiger partial charge is 0.330 e. The van der Waals surface area contributed by atoms with Gasteiger partial charge < -0.3 is 31.1 Å². The number of hydrogen-bond acceptors (Lipinski definition) is 10. The van der Waals surface area contributed by atoms with Crippen molar-refractivity contribution in [2.24, 2.45) is 11.8 Å². The first kappa shape index (κ1) is 42.0. The van der Waals surface area contributed by atoms with Gasteiger partial charge in [0.1, 0.15) is 23.9 Å². The molecule has 2 aliphatic heterocycles. The number of likely N-dealkylation sites (tertiary alicyclic amines) is 1. The molecule has 3 atom stereocenters. The van der Waals surface area contributed by atoms with Gasteiger partial charge in [-0.15, -0.1) is 0 Å². The highest BCUT2D eigenvalue weighted by atomic mass is 16.2. The van der Waals surface area contributed by atoms with E-state index in [9.17, 15) is 28.8 Å². The second-order valence-electron chi connectivity index (χ2n) is 15.4. The number of aryl methyl sites for hydroxylation is 1. The highest BCUT2D eigenvalue weighted by Crippen LogP contribution is 2.33. The van der Waals surface area contributed by atoms with Crippen LogP contribution in [0.3, 0.4) is 0 Å². The molecule has 0 saturated carbocycles. The fraction of sp³-hybridized carbons (Fsp3) is 0.475. The fourth-order valence-corrected chi connectivity index (χ4v) is 6.92. The maximum atomic E-state index is 14.0. The second-order valence-corrected chi connectivity index (χ2v) is 15.4. The SMILES string of the molecule is Cc1ccc(C(=O)N[C@H](C(=O)N2CCC[C@H]2C(=O)NCC(=O)N[C@@H](CC(C)C)C(=O)N(C)C)C(C)C)cc1N1Cc2cnc(Nc3cccnc3)nc2N(C)C1=O. The van der Waals surface area contributed by atoms with Crippen LogP contribution in [0.1, 0.15) is 68.4 Å². The molecular formula is C40H53N11O6. The van der Waals surface area contributed by atoms with Gasteiger partial charge in [-0.1, -0.05) is 33.8 Å². The van der Waals surface area contributed by atoms with Crippen LogP contribution in [-0.2, 0) is 25.7 Å². The molecule has 1 saturated heterocycles. The molecule has 0 radical (unpaired) electrons. The standard InChI is InChI=1S/C40H53N11O6/c1-23(2)17-29(37(55)48(6)7)45-32(52)21-42-36(54)30-12-10-16-50(30)38(56)33(24(3)4)46-35(53)26-14-13-25(5)31(18-26)51-22-27-19-43-39(44-28-11-9-15-41-20-28)47-34(27)49(8)40(51)57/h9,11,13-15,18-20,23-24,29-30,33H,10,12,16-17,21-22H2,1-8H3,(H,42,54)(H,45,52)(H,46,53)(H,43,44,47)/t29-,30-,33-/m0/s1. The number of nitrogens with one attached hydrogen (secondary N) is 4. The van der Waals surface area contributed by atoms with Gasteiger partial charge in [0, 0.05) is 56.9 Å². The summed E-state index contributed by atoms with van der Waals surface area (Å²) < 4.78 is 0. The Labute approximate surface area is 333 Å². The summed E-state index contributed by atoms with van der Waals surface area (Å²) >= 11 is 0. The number of amides is 7. The van der Waals surface area contributed by atoms with Crippen molar-refractivity contribution in [3.63, 3.8) is 0 Å². The van der Waals surface area contributed by atoms with E-state index < -0.39 is 41.8 Å². The fourth-order valence-electron chi connectivity index (χ4n) is 6.92. The summed E-state index contributed by atoms with van der Waals surface area (Å²) in [6.45, 7) is 9.47. The average Bonchev–Trinajstić information content (AvgIpc) is 3.67. The zero-order valence-corrected chi connectivity index (χ0v) is 33.8. The lowest BCUT2D eigenvalue weighted by molar-refractivity contribution is -0.141. The Kier molecular flexibility index (Phi) is 13.4. The van der Waals surface area contributed by atoms with E-state index in [0.29, 0.717) is 54.5 Å². The summed E-state index contributed by atoms with van der Waals surface area (Å²) in [5, 5.41) is 11.3. The molecule has 17 nitrogen and oxygen atoms in total. The molecule has 2 aliphatic rings. The molecule has 7 amide bonds. The number of benzene rings is 1. The van der Waals surface area contributed by atoms with Gasteiger partial charge in [-0.2, -0.15) is 4.98 Å². The largest absolute Gasteiger partial charge is 0.347 e. The van der Waals surface area contributed by atoms with Crippen LogP contribution in [0.4, 0.5) is 27.9 Å². The first-order valence-corrected chi connectivity index (χ1v) is 19.1. The minimum atomic E-state index is -0.964. The van der Waals surface area contributed by atoms with Gasteiger partial charge in [0.15, 0.2) is 0 Å². The van der Waals surface area contributed by atoms with Crippen molar-refractivity contribution in [1.29, 1.82) is 0 Å². The number of fused-ring (bicyclic) bond motifs is 1. The van der Waals surface area contributed by atoms with Crippen LogP contribution in [-0.4, -0.2) is 113 Å². The maximum absolute atomic E-state index is 14.0. The van der Waals surface area contributed by atoms with Crippen molar-refractivity contribution in [1.82, 2.24) is 40.7 Å². The molecule has 4 N–H and O–H groups in total. The summed E-state index contributed by atoms with van der Waals surface area (Å²) in [6.07, 6.45) is 6.35. The zero-order chi connectivity index (χ0) is 41.6. The van der Waals surface area contributed by atoms with Crippen LogP contribution in [0.15, 0.2) is 48.9 Å². The molecule has 0 aliphatic carbocycles. The van der Waals surface area contributed by atoms with E-state index in [4.69, 9.17) is 0 Å². The summed E-state index contributed by atoms with van der Waals surface area (Å²) in [7, 11) is 4.86. The van der Waals surface area contributed by atoms with E-state index in [1.165, 1.54) is 14.7 Å². The average molecular weight is 784 g/mol. The van der Waals surface area contributed by atoms with E-state index in [2.05, 4.69) is 36.2 Å². The number of hydrogen-bond donors (Lipinski definition) is 4. The van der Waals surface area contributed by atoms with Crippen molar-refractivity contribution in [3.8, 4) is 0 Å². The minimum absolute atomic E-state index is 0.153. The number of carbonyl (C=O) groups is 6. The Hall–Kier alpha value is -6.13. The number of likely N-dealkylation sites (N-methyl/N-ethyl adjacent to an activating group) is 1. The van der Waals surface area contributed by atoms with Crippen molar-refractivity contribution >= 4 is 58.7 Å². The van der Waals surface area contributed by atoms with Gasteiger partial charge >= 0.3 is 6.03 Å². The molecule has 3 aromatic rings. The third-order valence-corrected chi connectivity index (χ3v) is 9.95. The summed E-state index contributed by atoms with van der Waals surface area (Å²) in [4.78, 5) is 99.3. The van der Waals surface area contributed by atoms with E-state index in [1.54, 1.807) is 82.7 Å². The topological polar surface area (TPSA) is 202 Å². The summed E-state index contributed by atoms with van der Waals surface area (Å²) in [5.41, 5.74) is 2.91. The van der Waals surface area contributed by atoms with E-state index in [0.717, 1.165) is 5.56 Å². The molecular weight excluding hydrogens is 731 g/mol. The van der Waals surface area contributed by atoms with Crippen molar-refractivity contribution < 1.29 is 28.8 Å². The van der Waals surface area contributed by atoms with Crippen molar-refractivity contribution in [3.05, 3.63) is 65.6 Å². The van der Waals surface area contributed by atoms with Crippen molar-refractivity contribution in [2.75, 3.05) is 49.3 Å². The van der Waals surface area contributed by atoms with Crippen LogP contribution in [0.5, 0.6) is 0 Å². The van der Waals surface area contributed by atoms with Gasteiger partial charge in [0.2, 0.25) is 29.6 Å². The van der Waals surface area contributed by atoms with Crippen molar-refractivity contribution in [2.45, 2.75) is 78.6 Å². The van der Waals surface area contributed by atoms with Gasteiger partial charge in [-0.05, 0) is 67.9 Å². The second kappa shape index (κ2) is 18.2. The third kappa shape index (κ3) is 10.0. The zero-order valence-electron chi connectivity index (χ0n) is 33.8. The van der Waals surface area contributed by atoms with Gasteiger partial charge in [-0.25, -0.2) is 9.78 Å². The lowest BCUT2D eigenvalue weighted by atomic mass is 10.0. The molecule has 17 heteroatoms. The Bertz CT molecular complexity index is 1990. The lowest BCUT2D eigenvalue weighted by Crippen LogP contribution is -2.56. The molecule has 0 spiro atoms. The van der Waals surface area contributed by atoms with Gasteiger partial charge in [0.05, 0.1) is 25.0 Å². The molecule has 5 rings (SSSR count). The number of rotatable bonds is 14. The number of urea groups is 1. The van der Waals surface area contributed by atoms with Crippen LogP contribution >= 0.6 is 0 Å². The van der Waals surface area contributed by atoms with Gasteiger partial charge in [0.25, 0.3) is 5.91 Å². The Morgan fingerprint density at radius 2 is 1.77 bits per heavy atom. The summed E-state index contributed by atoms with van der Waals surface area (Å²) in [6, 6.07) is 5.74.